The van der Waals surface area contributed by atoms with E-state index in [2.05, 4.69) is 39.2 Å². The van der Waals surface area contributed by atoms with Crippen LogP contribution in [0.1, 0.15) is 34.0 Å². The van der Waals surface area contributed by atoms with Gasteiger partial charge in [-0.1, -0.05) is 18.2 Å². The summed E-state index contributed by atoms with van der Waals surface area (Å²) in [5, 5.41) is 13.3. The second-order valence-corrected chi connectivity index (χ2v) is 7.91. The molecule has 0 spiro atoms. The first kappa shape index (κ1) is 24.1. The molecule has 3 aromatic rings. The molecule has 1 N–H and O–H groups in total. The summed E-state index contributed by atoms with van der Waals surface area (Å²) < 4.78 is 17.8. The summed E-state index contributed by atoms with van der Waals surface area (Å²) in [6.45, 7) is 2.58. The fourth-order valence-electron chi connectivity index (χ4n) is 2.93. The molecule has 7 nitrogen and oxygen atoms in total. The number of hydrogen-bond donors (Lipinski definition) is 1. The van der Waals surface area contributed by atoms with Crippen molar-refractivity contribution < 1.29 is 19.0 Å². The molecule has 0 aliphatic rings. The molecule has 0 aromatic heterocycles. The summed E-state index contributed by atoms with van der Waals surface area (Å²) in [5.74, 6) is 1.38. The fraction of sp³-hybridized carbons (Fsp3) is 0.160. The number of nitriles is 1. The van der Waals surface area contributed by atoms with Gasteiger partial charge in [0.2, 0.25) is 0 Å². The molecule has 0 aliphatic carbocycles. The number of rotatable bonds is 9. The molecule has 0 bridgehead atoms. The highest BCUT2D eigenvalue weighted by Crippen LogP contribution is 2.29. The standard InChI is InChI=1S/C25H22IN3O4/c1-3-32-24-12-17(8-11-22(24)33-16-20-7-5-4-6-19(20)14-27)15-28-29-25(30)18-9-10-21(26)23(13-18)31-2/h4-13,15H,3,16H2,1-2H3,(H,29,30)/b28-15-. The van der Waals surface area contributed by atoms with E-state index in [0.29, 0.717) is 35.0 Å². The maximum atomic E-state index is 12.4. The molecule has 0 atom stereocenters. The van der Waals surface area contributed by atoms with E-state index in [0.717, 1.165) is 14.7 Å². The molecule has 0 heterocycles. The van der Waals surface area contributed by atoms with Crippen LogP contribution in [0.4, 0.5) is 0 Å². The third-order valence-corrected chi connectivity index (χ3v) is 5.47. The van der Waals surface area contributed by atoms with Gasteiger partial charge < -0.3 is 14.2 Å². The minimum absolute atomic E-state index is 0.243. The van der Waals surface area contributed by atoms with Gasteiger partial charge in [-0.25, -0.2) is 5.43 Å². The van der Waals surface area contributed by atoms with Crippen molar-refractivity contribution in [3.63, 3.8) is 0 Å². The summed E-state index contributed by atoms with van der Waals surface area (Å²) in [4.78, 5) is 12.4. The highest BCUT2D eigenvalue weighted by molar-refractivity contribution is 14.1. The van der Waals surface area contributed by atoms with Gasteiger partial charge in [0.25, 0.3) is 5.91 Å². The molecule has 0 saturated heterocycles. The lowest BCUT2D eigenvalue weighted by Gasteiger charge is -2.13. The minimum atomic E-state index is -0.345. The number of carbonyl (C=O) groups is 1. The smallest absolute Gasteiger partial charge is 0.271 e. The predicted octanol–water partition coefficient (Wildman–Crippen LogP) is 4.91. The van der Waals surface area contributed by atoms with Crippen LogP contribution in [0.15, 0.2) is 65.8 Å². The Kier molecular flexibility index (Phi) is 8.66. The first-order chi connectivity index (χ1) is 16.0. The maximum Gasteiger partial charge on any atom is 0.271 e. The molecule has 168 valence electrons. The van der Waals surface area contributed by atoms with Crippen molar-refractivity contribution in [1.82, 2.24) is 5.43 Å². The summed E-state index contributed by atoms with van der Waals surface area (Å²) >= 11 is 2.14. The number of ether oxygens (including phenoxy) is 3. The van der Waals surface area contributed by atoms with Crippen LogP contribution in [0.25, 0.3) is 0 Å². The number of nitrogens with one attached hydrogen (secondary N) is 1. The average molecular weight is 555 g/mol. The van der Waals surface area contributed by atoms with Crippen LogP contribution in [0, 0.1) is 14.9 Å². The quantitative estimate of drug-likeness (QED) is 0.230. The molecule has 0 fully saturated rings. The summed E-state index contributed by atoms with van der Waals surface area (Å²) in [6, 6.07) is 20.0. The van der Waals surface area contributed by atoms with Crippen LogP contribution in [0.5, 0.6) is 17.2 Å². The zero-order valence-electron chi connectivity index (χ0n) is 18.2. The van der Waals surface area contributed by atoms with Gasteiger partial charge in [0.1, 0.15) is 12.4 Å². The van der Waals surface area contributed by atoms with Crippen molar-refractivity contribution in [2.24, 2.45) is 5.10 Å². The number of amides is 1. The van der Waals surface area contributed by atoms with Crippen molar-refractivity contribution >= 4 is 34.7 Å². The maximum absolute atomic E-state index is 12.4. The normalized spacial score (nSPS) is 10.5. The molecule has 3 aromatic carbocycles. The third kappa shape index (κ3) is 6.46. The minimum Gasteiger partial charge on any atom is -0.496 e. The van der Waals surface area contributed by atoms with Crippen molar-refractivity contribution in [2.45, 2.75) is 13.5 Å². The predicted molar refractivity (Wildman–Crippen MR) is 134 cm³/mol. The lowest BCUT2D eigenvalue weighted by molar-refractivity contribution is 0.0954. The Morgan fingerprint density at radius 3 is 2.67 bits per heavy atom. The van der Waals surface area contributed by atoms with E-state index in [1.807, 2.05) is 25.1 Å². The number of hydrogen-bond acceptors (Lipinski definition) is 6. The van der Waals surface area contributed by atoms with Crippen LogP contribution in [-0.2, 0) is 6.61 Å². The van der Waals surface area contributed by atoms with E-state index >= 15 is 0 Å². The average Bonchev–Trinajstić information content (AvgIpc) is 2.84. The lowest BCUT2D eigenvalue weighted by atomic mass is 10.1. The number of halogens is 1. The van der Waals surface area contributed by atoms with Crippen LogP contribution < -0.4 is 19.6 Å². The number of benzene rings is 3. The van der Waals surface area contributed by atoms with Crippen molar-refractivity contribution in [1.29, 1.82) is 5.26 Å². The number of methoxy groups -OCH3 is 1. The van der Waals surface area contributed by atoms with Gasteiger partial charge >= 0.3 is 0 Å². The van der Waals surface area contributed by atoms with Gasteiger partial charge in [0, 0.05) is 11.1 Å². The Morgan fingerprint density at radius 1 is 1.09 bits per heavy atom. The van der Waals surface area contributed by atoms with E-state index in [4.69, 9.17) is 14.2 Å². The van der Waals surface area contributed by atoms with Gasteiger partial charge in [0.05, 0.1) is 35.1 Å². The van der Waals surface area contributed by atoms with Crippen LogP contribution in [-0.4, -0.2) is 25.8 Å². The van der Waals surface area contributed by atoms with Gasteiger partial charge in [-0.2, -0.15) is 10.4 Å². The molecule has 1 amide bonds. The van der Waals surface area contributed by atoms with Crippen molar-refractivity contribution in [2.75, 3.05) is 13.7 Å². The Morgan fingerprint density at radius 2 is 1.91 bits per heavy atom. The summed E-state index contributed by atoms with van der Waals surface area (Å²) in [5.41, 5.74) is 5.05. The molecular formula is C25H22IN3O4. The Labute approximate surface area is 206 Å². The number of carbonyl (C=O) groups excluding carboxylic acids is 1. The second-order valence-electron chi connectivity index (χ2n) is 6.75. The van der Waals surface area contributed by atoms with Crippen LogP contribution >= 0.6 is 22.6 Å². The largest absolute Gasteiger partial charge is 0.496 e. The third-order valence-electron chi connectivity index (χ3n) is 4.58. The molecule has 3 rings (SSSR count). The van der Waals surface area contributed by atoms with Gasteiger partial charge in [-0.15, -0.1) is 0 Å². The topological polar surface area (TPSA) is 92.9 Å². The molecular weight excluding hydrogens is 533 g/mol. The van der Waals surface area contributed by atoms with Gasteiger partial charge in [0.15, 0.2) is 11.5 Å². The van der Waals surface area contributed by atoms with Crippen LogP contribution in [0.3, 0.4) is 0 Å². The Balaban J connectivity index is 1.68. The van der Waals surface area contributed by atoms with Crippen molar-refractivity contribution in [3.05, 3.63) is 86.5 Å². The van der Waals surface area contributed by atoms with Crippen LogP contribution in [0.2, 0.25) is 0 Å². The Bertz CT molecular complexity index is 1200. The first-order valence-electron chi connectivity index (χ1n) is 10.1. The van der Waals surface area contributed by atoms with E-state index < -0.39 is 0 Å². The lowest BCUT2D eigenvalue weighted by Crippen LogP contribution is -2.17. The second kappa shape index (κ2) is 11.9. The van der Waals surface area contributed by atoms with Crippen molar-refractivity contribution in [3.8, 4) is 23.3 Å². The SMILES string of the molecule is CCOc1cc(/C=N\NC(=O)c2ccc(I)c(OC)c2)ccc1OCc1ccccc1C#N. The molecule has 8 heteroatoms. The zero-order chi connectivity index (χ0) is 23.6. The van der Waals surface area contributed by atoms with E-state index in [9.17, 15) is 10.1 Å². The van der Waals surface area contributed by atoms with Gasteiger partial charge in [-0.05, 0) is 77.5 Å². The summed E-state index contributed by atoms with van der Waals surface area (Å²) in [6.07, 6.45) is 1.53. The van der Waals surface area contributed by atoms with E-state index in [1.165, 1.54) is 6.21 Å². The Hall–Kier alpha value is -3.58. The molecule has 0 unspecified atom stereocenters. The van der Waals surface area contributed by atoms with Gasteiger partial charge in [-0.3, -0.25) is 4.79 Å². The number of hydrazone groups is 1. The molecule has 0 aliphatic heterocycles. The molecule has 0 radical (unpaired) electrons. The number of nitrogens with zero attached hydrogens (tertiary/aromatic N) is 2. The monoisotopic (exact) mass is 555 g/mol. The highest BCUT2D eigenvalue weighted by Gasteiger charge is 2.10. The van der Waals surface area contributed by atoms with E-state index in [1.54, 1.807) is 49.6 Å². The fourth-order valence-corrected chi connectivity index (χ4v) is 3.49. The van der Waals surface area contributed by atoms with E-state index in [-0.39, 0.29) is 12.5 Å². The molecule has 0 saturated carbocycles. The highest BCUT2D eigenvalue weighted by atomic mass is 127. The zero-order valence-corrected chi connectivity index (χ0v) is 20.3. The molecule has 33 heavy (non-hydrogen) atoms. The summed E-state index contributed by atoms with van der Waals surface area (Å²) in [7, 11) is 1.56. The first-order valence-corrected chi connectivity index (χ1v) is 11.2.